The van der Waals surface area contributed by atoms with Crippen molar-refractivity contribution < 1.29 is 19.2 Å². The number of hydrogen-bond acceptors (Lipinski definition) is 10. The van der Waals surface area contributed by atoms with Gasteiger partial charge in [-0.1, -0.05) is 0 Å². The highest BCUT2D eigenvalue weighted by molar-refractivity contribution is 8.13. The molecular formula is C13H16N6O4S2. The molecule has 134 valence electrons. The first-order valence-corrected chi connectivity index (χ1v) is 9.01. The smallest absolute Gasteiger partial charge is 0.240 e. The van der Waals surface area contributed by atoms with Crippen LogP contribution in [0.2, 0.25) is 0 Å². The summed E-state index contributed by atoms with van der Waals surface area (Å²) in [5.74, 6) is -1.04. The van der Waals surface area contributed by atoms with E-state index in [2.05, 4.69) is 10.5 Å². The summed E-state index contributed by atoms with van der Waals surface area (Å²) in [4.78, 5) is 47.2. The second kappa shape index (κ2) is 7.06. The Balaban J connectivity index is 1.78. The van der Waals surface area contributed by atoms with Crippen LogP contribution in [0.4, 0.5) is 0 Å². The fourth-order valence-electron chi connectivity index (χ4n) is 2.18. The topological polar surface area (TPSA) is 106 Å². The maximum atomic E-state index is 11.8. The van der Waals surface area contributed by atoms with Crippen molar-refractivity contribution in [2.45, 2.75) is 25.7 Å². The van der Waals surface area contributed by atoms with E-state index in [4.69, 9.17) is 0 Å². The van der Waals surface area contributed by atoms with Crippen molar-refractivity contribution in [1.29, 1.82) is 0 Å². The Morgan fingerprint density at radius 2 is 1.40 bits per heavy atom. The van der Waals surface area contributed by atoms with Crippen molar-refractivity contribution in [3.63, 3.8) is 0 Å². The molecule has 0 aromatic carbocycles. The highest BCUT2D eigenvalue weighted by atomic mass is 32.2. The summed E-state index contributed by atoms with van der Waals surface area (Å²) in [6.07, 6.45) is 2.37. The van der Waals surface area contributed by atoms with Gasteiger partial charge < -0.3 is 0 Å². The van der Waals surface area contributed by atoms with Gasteiger partial charge in [-0.05, 0) is 0 Å². The zero-order valence-corrected chi connectivity index (χ0v) is 15.2. The molecule has 25 heavy (non-hydrogen) atoms. The number of imide groups is 2. The second-order valence-electron chi connectivity index (χ2n) is 5.54. The molecule has 0 spiro atoms. The van der Waals surface area contributed by atoms with Crippen LogP contribution < -0.4 is 5.43 Å². The maximum Gasteiger partial charge on any atom is 0.240 e. The molecule has 3 rings (SSSR count). The van der Waals surface area contributed by atoms with Crippen molar-refractivity contribution in [3.05, 3.63) is 11.1 Å². The van der Waals surface area contributed by atoms with Crippen LogP contribution in [0.1, 0.15) is 25.7 Å². The number of carbonyl (C=O) groups excluding carboxylic acids is 4. The normalized spacial score (nSPS) is 21.3. The summed E-state index contributed by atoms with van der Waals surface area (Å²) in [6, 6.07) is 0. The molecule has 0 saturated carbocycles. The number of rotatable bonds is 4. The summed E-state index contributed by atoms with van der Waals surface area (Å²) in [5.41, 5.74) is 2.95. The van der Waals surface area contributed by atoms with Gasteiger partial charge in [0.05, 0.1) is 0 Å². The van der Waals surface area contributed by atoms with Crippen LogP contribution in [0.3, 0.4) is 0 Å². The van der Waals surface area contributed by atoms with Crippen LogP contribution >= 0.6 is 23.9 Å². The summed E-state index contributed by atoms with van der Waals surface area (Å²) >= 11 is 1.89. The number of hydrogen-bond donors (Lipinski definition) is 1. The van der Waals surface area contributed by atoms with E-state index < -0.39 is 0 Å². The molecular weight excluding hydrogens is 368 g/mol. The Bertz CT molecular complexity index is 675. The number of carbonyl (C=O) groups is 4. The van der Waals surface area contributed by atoms with Crippen LogP contribution in [0, 0.1) is 0 Å². The largest absolute Gasteiger partial charge is 0.273 e. The third-order valence-electron chi connectivity index (χ3n) is 3.42. The Labute approximate surface area is 152 Å². The van der Waals surface area contributed by atoms with E-state index in [0.29, 0.717) is 10.1 Å². The maximum absolute atomic E-state index is 11.8. The number of nitrogens with one attached hydrogen (secondary N) is 1. The lowest BCUT2D eigenvalue weighted by atomic mass is 10.4. The van der Waals surface area contributed by atoms with Crippen LogP contribution in [0.25, 0.3) is 0 Å². The summed E-state index contributed by atoms with van der Waals surface area (Å²) in [7, 11) is 3.48. The number of amides is 4. The van der Waals surface area contributed by atoms with Crippen molar-refractivity contribution in [2.75, 3.05) is 14.1 Å². The molecule has 0 bridgehead atoms. The van der Waals surface area contributed by atoms with E-state index in [1.165, 1.54) is 5.23 Å². The molecule has 4 amide bonds. The first-order chi connectivity index (χ1) is 11.8. The molecule has 0 atom stereocenters. The molecule has 0 unspecified atom stereocenters. The minimum atomic E-state index is -0.264. The first-order valence-electron chi connectivity index (χ1n) is 7.47. The van der Waals surface area contributed by atoms with E-state index in [1.54, 1.807) is 25.2 Å². The SMILES string of the molecule is CN(C)N1N=C(SN2C(=O)CCC2=O)C=C(SN2C(=O)CCC2=O)N1. The molecule has 12 heteroatoms. The van der Waals surface area contributed by atoms with Gasteiger partial charge >= 0.3 is 0 Å². The Morgan fingerprint density at radius 1 is 0.920 bits per heavy atom. The van der Waals surface area contributed by atoms with Crippen molar-refractivity contribution in [2.24, 2.45) is 5.10 Å². The van der Waals surface area contributed by atoms with Gasteiger partial charge in [-0.2, -0.15) is 5.01 Å². The van der Waals surface area contributed by atoms with Gasteiger partial charge in [0.2, 0.25) is 23.6 Å². The molecule has 0 radical (unpaired) electrons. The summed E-state index contributed by atoms with van der Waals surface area (Å²) in [6.45, 7) is 0. The first kappa shape index (κ1) is 17.8. The minimum Gasteiger partial charge on any atom is -0.273 e. The van der Waals surface area contributed by atoms with Gasteiger partial charge in [0.1, 0.15) is 10.1 Å². The predicted octanol–water partition coefficient (Wildman–Crippen LogP) is 0.0325. The van der Waals surface area contributed by atoms with Gasteiger partial charge in [-0.25, -0.2) is 8.61 Å². The van der Waals surface area contributed by atoms with Gasteiger partial charge in [-0.3, -0.25) is 24.6 Å². The lowest BCUT2D eigenvalue weighted by molar-refractivity contribution is -0.133. The van der Waals surface area contributed by atoms with Crippen LogP contribution in [0.15, 0.2) is 16.2 Å². The number of hydrazone groups is 1. The fourth-order valence-corrected chi connectivity index (χ4v) is 3.98. The molecule has 1 N–H and O–H groups in total. The second-order valence-corrected chi connectivity index (χ2v) is 7.50. The summed E-state index contributed by atoms with van der Waals surface area (Å²) in [5, 5.41) is 8.17. The van der Waals surface area contributed by atoms with Gasteiger partial charge in [0.25, 0.3) is 0 Å². The van der Waals surface area contributed by atoms with Gasteiger partial charge in [0, 0.05) is 69.8 Å². The molecule has 3 aliphatic heterocycles. The monoisotopic (exact) mass is 384 g/mol. The van der Waals surface area contributed by atoms with Gasteiger partial charge in [-0.15, -0.1) is 10.3 Å². The molecule has 0 aromatic heterocycles. The zero-order valence-electron chi connectivity index (χ0n) is 13.6. The van der Waals surface area contributed by atoms with E-state index in [1.807, 2.05) is 0 Å². The molecule has 3 heterocycles. The average Bonchev–Trinajstić information content (AvgIpc) is 3.05. The lowest BCUT2D eigenvalue weighted by Crippen LogP contribution is -2.45. The van der Waals surface area contributed by atoms with E-state index >= 15 is 0 Å². The third kappa shape index (κ3) is 3.80. The van der Waals surface area contributed by atoms with E-state index in [-0.39, 0.29) is 49.3 Å². The lowest BCUT2D eigenvalue weighted by Gasteiger charge is -2.31. The molecule has 2 saturated heterocycles. The quantitative estimate of drug-likeness (QED) is 0.531. The van der Waals surface area contributed by atoms with Crippen LogP contribution in [0.5, 0.6) is 0 Å². The number of nitrogens with zero attached hydrogens (tertiary/aromatic N) is 5. The Hall–Kier alpha value is -2.05. The molecule has 2 fully saturated rings. The van der Waals surface area contributed by atoms with Crippen molar-refractivity contribution in [1.82, 2.24) is 24.3 Å². The summed E-state index contributed by atoms with van der Waals surface area (Å²) < 4.78 is 2.19. The molecule has 0 aromatic rings. The average molecular weight is 384 g/mol. The Morgan fingerprint density at radius 3 is 1.88 bits per heavy atom. The highest BCUT2D eigenvalue weighted by Gasteiger charge is 2.34. The fraction of sp³-hybridized carbons (Fsp3) is 0.462. The van der Waals surface area contributed by atoms with Crippen molar-refractivity contribution in [3.8, 4) is 0 Å². The standard InChI is InChI=1S/C13H16N6O4S2/c1-16(2)19-14-8(24-17-10(20)3-4-11(17)21)7-9(15-19)25-18-12(22)5-6-13(18)23/h7,14H,3-6H2,1-2H3. The predicted molar refractivity (Wildman–Crippen MR) is 91.5 cm³/mol. The zero-order chi connectivity index (χ0) is 18.1. The molecule has 10 nitrogen and oxygen atoms in total. The van der Waals surface area contributed by atoms with E-state index in [9.17, 15) is 19.2 Å². The van der Waals surface area contributed by atoms with Crippen LogP contribution in [-0.2, 0) is 19.2 Å². The van der Waals surface area contributed by atoms with Gasteiger partial charge in [0.15, 0.2) is 0 Å². The minimum absolute atomic E-state index is 0.191. The third-order valence-corrected chi connectivity index (χ3v) is 5.39. The number of hydrazine groups is 2. The van der Waals surface area contributed by atoms with Crippen molar-refractivity contribution >= 4 is 52.6 Å². The van der Waals surface area contributed by atoms with E-state index in [0.717, 1.165) is 32.5 Å². The molecule has 0 aliphatic carbocycles. The highest BCUT2D eigenvalue weighted by Crippen LogP contribution is 2.30. The Kier molecular flexibility index (Phi) is 5.01. The molecule has 3 aliphatic rings. The van der Waals surface area contributed by atoms with Crippen LogP contribution in [-0.4, -0.2) is 61.6 Å².